The van der Waals surface area contributed by atoms with Crippen LogP contribution < -0.4 is 19.1 Å². The molecule has 44 heavy (non-hydrogen) atoms. The molecule has 3 heterocycles. The first-order chi connectivity index (χ1) is 21.1. The molecule has 0 aliphatic carbocycles. The number of carbonyl (C=O) groups is 2. The van der Waals surface area contributed by atoms with Crippen LogP contribution >= 0.6 is 11.3 Å². The highest BCUT2D eigenvalue weighted by molar-refractivity contribution is 7.22. The molecule has 1 saturated heterocycles. The molecule has 0 spiro atoms. The van der Waals surface area contributed by atoms with Gasteiger partial charge in [-0.05, 0) is 92.3 Å². The number of aryl methyl sites for hydroxylation is 1. The average Bonchev–Trinajstić information content (AvgIpc) is 3.65. The van der Waals surface area contributed by atoms with Crippen LogP contribution in [0.15, 0.2) is 60.2 Å². The highest BCUT2D eigenvalue weighted by atomic mass is 32.1. The van der Waals surface area contributed by atoms with E-state index in [1.165, 1.54) is 16.2 Å². The minimum absolute atomic E-state index is 0.00623. The van der Waals surface area contributed by atoms with Crippen LogP contribution in [0, 0.1) is 12.8 Å². The lowest BCUT2D eigenvalue weighted by molar-refractivity contribution is -0.132. The molecule has 4 aromatic rings. The Kier molecular flexibility index (Phi) is 8.07. The molecule has 1 fully saturated rings. The number of ketones is 1. The molecule has 0 radical (unpaired) electrons. The summed E-state index contributed by atoms with van der Waals surface area (Å²) in [7, 11) is 0. The normalized spacial score (nSPS) is 19.1. The quantitative estimate of drug-likeness (QED) is 0.120. The molecule has 0 unspecified atom stereocenters. The van der Waals surface area contributed by atoms with Gasteiger partial charge in [0.1, 0.15) is 17.6 Å². The molecule has 228 valence electrons. The lowest BCUT2D eigenvalue weighted by Crippen LogP contribution is -2.29. The lowest BCUT2D eigenvalue weighted by Gasteiger charge is -2.24. The number of benzene rings is 3. The summed E-state index contributed by atoms with van der Waals surface area (Å²) in [5, 5.41) is 12.1. The second-order valence-corrected chi connectivity index (χ2v) is 12.8. The zero-order chi connectivity index (χ0) is 31.1. The van der Waals surface area contributed by atoms with Gasteiger partial charge in [0, 0.05) is 12.0 Å². The zero-order valence-electron chi connectivity index (χ0n) is 25.5. The Morgan fingerprint density at radius 3 is 2.68 bits per heavy atom. The van der Waals surface area contributed by atoms with Gasteiger partial charge in [0.05, 0.1) is 35.0 Å². The Labute approximate surface area is 260 Å². The first-order valence-corrected chi connectivity index (χ1v) is 15.8. The van der Waals surface area contributed by atoms with Crippen LogP contribution in [0.5, 0.6) is 17.2 Å². The van der Waals surface area contributed by atoms with Crippen molar-refractivity contribution in [3.8, 4) is 17.2 Å². The molecule has 2 aliphatic rings. The number of nitrogens with zero attached hydrogens (tertiary/aromatic N) is 2. The van der Waals surface area contributed by atoms with Gasteiger partial charge in [-0.1, -0.05) is 37.3 Å². The van der Waals surface area contributed by atoms with E-state index in [0.29, 0.717) is 53.3 Å². The van der Waals surface area contributed by atoms with Crippen LogP contribution in [0.4, 0.5) is 5.13 Å². The van der Waals surface area contributed by atoms with Gasteiger partial charge in [0.25, 0.3) is 5.78 Å². The number of hydrogen-bond donors (Lipinski definition) is 1. The number of rotatable bonds is 9. The summed E-state index contributed by atoms with van der Waals surface area (Å²) in [5.41, 5.74) is 3.77. The Morgan fingerprint density at radius 1 is 1.09 bits per heavy atom. The van der Waals surface area contributed by atoms with Gasteiger partial charge in [-0.2, -0.15) is 0 Å². The van der Waals surface area contributed by atoms with E-state index >= 15 is 0 Å². The van der Waals surface area contributed by atoms with Crippen molar-refractivity contribution in [2.24, 2.45) is 5.92 Å². The minimum Gasteiger partial charge on any atom is -0.507 e. The molecule has 3 aromatic carbocycles. The molecule has 6 rings (SSSR count). The number of aliphatic hydroxyl groups excluding tert-OH is 1. The molecule has 0 bridgehead atoms. The van der Waals surface area contributed by atoms with Crippen molar-refractivity contribution in [3.63, 3.8) is 0 Å². The van der Waals surface area contributed by atoms with E-state index in [1.807, 2.05) is 51.1 Å². The van der Waals surface area contributed by atoms with Gasteiger partial charge in [-0.25, -0.2) is 4.98 Å². The fourth-order valence-electron chi connectivity index (χ4n) is 5.68. The van der Waals surface area contributed by atoms with E-state index in [9.17, 15) is 14.7 Å². The van der Waals surface area contributed by atoms with Crippen molar-refractivity contribution >= 4 is 44.1 Å². The van der Waals surface area contributed by atoms with Crippen LogP contribution in [-0.4, -0.2) is 41.1 Å². The molecule has 0 saturated carbocycles. The maximum absolute atomic E-state index is 13.8. The summed E-state index contributed by atoms with van der Waals surface area (Å²) in [4.78, 5) is 33.8. The zero-order valence-corrected chi connectivity index (χ0v) is 26.4. The predicted octanol–water partition coefficient (Wildman–Crippen LogP) is 7.38. The molecule has 2 atom stereocenters. The number of hydrogen-bond acceptors (Lipinski definition) is 8. The Morgan fingerprint density at radius 2 is 1.91 bits per heavy atom. The Hall–Kier alpha value is -4.37. The third-order valence-electron chi connectivity index (χ3n) is 7.89. The fraction of sp³-hybridized carbons (Fsp3) is 0.343. The standard InChI is InChI=1S/C35H36N2O6S/c1-6-41-28-18-22(8-12-27(28)42-14-13-19(2)3)31-30(32(38)23-9-11-26-24(17-23)16-21(5)43-26)33(39)34(40)37(31)35-36-25-10-7-20(4)15-29(25)44-35/h7-12,15,17-19,21,31,38H,6,13-14,16H2,1-5H3/t21-,31+/m0/s1. The first-order valence-electron chi connectivity index (χ1n) is 15.0. The first kappa shape index (κ1) is 29.7. The minimum atomic E-state index is -0.941. The highest BCUT2D eigenvalue weighted by Gasteiger charge is 2.48. The van der Waals surface area contributed by atoms with Gasteiger partial charge in [-0.3, -0.25) is 14.5 Å². The van der Waals surface area contributed by atoms with E-state index in [2.05, 4.69) is 13.8 Å². The van der Waals surface area contributed by atoms with Gasteiger partial charge >= 0.3 is 5.91 Å². The number of aromatic nitrogens is 1. The van der Waals surface area contributed by atoms with Crippen molar-refractivity contribution < 1.29 is 28.9 Å². The van der Waals surface area contributed by atoms with Crippen molar-refractivity contribution in [3.05, 3.63) is 82.4 Å². The number of Topliss-reactive ketones (excluding diaryl/α,β-unsaturated/α-hetero) is 1. The largest absolute Gasteiger partial charge is 0.507 e. The summed E-state index contributed by atoms with van der Waals surface area (Å²) in [6, 6.07) is 15.7. The average molecular weight is 613 g/mol. The number of fused-ring (bicyclic) bond motifs is 2. The molecule has 1 aromatic heterocycles. The van der Waals surface area contributed by atoms with Crippen molar-refractivity contribution in [2.75, 3.05) is 18.1 Å². The fourth-order valence-corrected chi connectivity index (χ4v) is 6.77. The number of anilines is 1. The van der Waals surface area contributed by atoms with Gasteiger partial charge in [0.2, 0.25) is 0 Å². The topological polar surface area (TPSA) is 98.2 Å². The smallest absolute Gasteiger partial charge is 0.301 e. The van der Waals surface area contributed by atoms with E-state index in [-0.39, 0.29) is 17.4 Å². The molecule has 9 heteroatoms. The number of ether oxygens (including phenoxy) is 3. The van der Waals surface area contributed by atoms with Gasteiger partial charge < -0.3 is 19.3 Å². The third-order valence-corrected chi connectivity index (χ3v) is 8.91. The maximum atomic E-state index is 13.8. The van der Waals surface area contributed by atoms with Crippen LogP contribution in [0.25, 0.3) is 16.0 Å². The van der Waals surface area contributed by atoms with E-state index in [0.717, 1.165) is 33.5 Å². The number of thiazole rings is 1. The highest BCUT2D eigenvalue weighted by Crippen LogP contribution is 2.46. The van der Waals surface area contributed by atoms with Gasteiger partial charge in [0.15, 0.2) is 16.6 Å². The molecule has 2 aliphatic heterocycles. The molecule has 8 nitrogen and oxygen atoms in total. The summed E-state index contributed by atoms with van der Waals surface area (Å²) in [6.07, 6.45) is 1.60. The SMILES string of the molecule is CCOc1cc([C@@H]2C(=C(O)c3ccc4c(c3)C[C@H](C)O4)C(=O)C(=O)N2c2nc3ccc(C)cc3s2)ccc1OCCC(C)C. The monoisotopic (exact) mass is 612 g/mol. The van der Waals surface area contributed by atoms with Crippen molar-refractivity contribution in [1.29, 1.82) is 0 Å². The van der Waals surface area contributed by atoms with E-state index < -0.39 is 17.7 Å². The molecule has 1 amide bonds. The predicted molar refractivity (Wildman–Crippen MR) is 172 cm³/mol. The van der Waals surface area contributed by atoms with Gasteiger partial charge in [-0.15, -0.1) is 0 Å². The second-order valence-electron chi connectivity index (χ2n) is 11.8. The summed E-state index contributed by atoms with van der Waals surface area (Å²) >= 11 is 1.34. The second kappa shape index (κ2) is 12.0. The van der Waals surface area contributed by atoms with E-state index in [4.69, 9.17) is 19.2 Å². The van der Waals surface area contributed by atoms with Crippen LogP contribution in [0.1, 0.15) is 62.4 Å². The number of carbonyl (C=O) groups excluding carboxylic acids is 2. The number of aliphatic hydroxyl groups is 1. The molecular formula is C35H36N2O6S. The van der Waals surface area contributed by atoms with Crippen molar-refractivity contribution in [1.82, 2.24) is 4.98 Å². The molecule has 1 N–H and O–H groups in total. The summed E-state index contributed by atoms with van der Waals surface area (Å²) in [5.74, 6) is 0.551. The Bertz CT molecular complexity index is 1790. The molecular weight excluding hydrogens is 576 g/mol. The van der Waals surface area contributed by atoms with Crippen LogP contribution in [-0.2, 0) is 16.0 Å². The van der Waals surface area contributed by atoms with Crippen LogP contribution in [0.2, 0.25) is 0 Å². The maximum Gasteiger partial charge on any atom is 0.301 e. The lowest BCUT2D eigenvalue weighted by atomic mass is 9.94. The van der Waals surface area contributed by atoms with Crippen molar-refractivity contribution in [2.45, 2.75) is 59.6 Å². The summed E-state index contributed by atoms with van der Waals surface area (Å²) < 4.78 is 18.8. The number of amides is 1. The third kappa shape index (κ3) is 5.52. The Balaban J connectivity index is 1.50. The van der Waals surface area contributed by atoms with Crippen LogP contribution in [0.3, 0.4) is 0 Å². The van der Waals surface area contributed by atoms with E-state index in [1.54, 1.807) is 24.3 Å². The summed E-state index contributed by atoms with van der Waals surface area (Å²) in [6.45, 7) is 11.1.